The van der Waals surface area contributed by atoms with E-state index in [1.165, 1.54) is 6.07 Å². The molecule has 2 heterocycles. The third kappa shape index (κ3) is 4.76. The number of hydrogen-bond acceptors (Lipinski definition) is 6. The Morgan fingerprint density at radius 2 is 1.59 bits per heavy atom. The van der Waals surface area contributed by atoms with Crippen molar-refractivity contribution in [2.45, 2.75) is 0 Å². The molecule has 5 rings (SSSR count). The van der Waals surface area contributed by atoms with Crippen LogP contribution in [-0.2, 0) is 4.79 Å². The highest BCUT2D eigenvalue weighted by molar-refractivity contribution is 5.78. The first-order valence-corrected chi connectivity index (χ1v) is 11.1. The van der Waals surface area contributed by atoms with Gasteiger partial charge >= 0.3 is 0 Å². The SMILES string of the molecule is O=C(COc1ccc(-c2nc(-c3ccccc3)no2)cc1)N1CCN(c2ccccc2F)CC1. The van der Waals surface area contributed by atoms with Gasteiger partial charge in [0.1, 0.15) is 11.6 Å². The maximum absolute atomic E-state index is 14.0. The molecule has 1 amide bonds. The van der Waals surface area contributed by atoms with Crippen molar-refractivity contribution in [3.63, 3.8) is 0 Å². The number of aromatic nitrogens is 2. The largest absolute Gasteiger partial charge is 0.484 e. The van der Waals surface area contributed by atoms with Gasteiger partial charge in [0.15, 0.2) is 6.61 Å². The van der Waals surface area contributed by atoms with Gasteiger partial charge in [0.2, 0.25) is 5.82 Å². The molecule has 0 aliphatic carbocycles. The quantitative estimate of drug-likeness (QED) is 0.430. The van der Waals surface area contributed by atoms with Crippen LogP contribution in [0.4, 0.5) is 10.1 Å². The standard InChI is InChI=1S/C26H23FN4O3/c27-22-8-4-5-9-23(22)30-14-16-31(17-15-30)24(32)18-33-21-12-10-20(11-13-21)26-28-25(29-34-26)19-6-2-1-3-7-19/h1-13H,14-18H2. The van der Waals surface area contributed by atoms with Gasteiger partial charge in [0.25, 0.3) is 11.8 Å². The zero-order valence-corrected chi connectivity index (χ0v) is 18.4. The van der Waals surface area contributed by atoms with E-state index in [4.69, 9.17) is 9.26 Å². The molecular weight excluding hydrogens is 435 g/mol. The van der Waals surface area contributed by atoms with Crippen LogP contribution in [0.3, 0.4) is 0 Å². The highest BCUT2D eigenvalue weighted by atomic mass is 19.1. The van der Waals surface area contributed by atoms with Crippen molar-refractivity contribution in [3.05, 3.63) is 84.7 Å². The van der Waals surface area contributed by atoms with E-state index in [1.807, 2.05) is 53.4 Å². The lowest BCUT2D eigenvalue weighted by molar-refractivity contribution is -0.133. The molecular formula is C26H23FN4O3. The second-order valence-electron chi connectivity index (χ2n) is 7.92. The number of para-hydroxylation sites is 1. The van der Waals surface area contributed by atoms with E-state index in [2.05, 4.69) is 10.1 Å². The minimum atomic E-state index is -0.245. The number of halogens is 1. The number of benzene rings is 3. The minimum Gasteiger partial charge on any atom is -0.484 e. The van der Waals surface area contributed by atoms with Crippen LogP contribution >= 0.6 is 0 Å². The van der Waals surface area contributed by atoms with Crippen molar-refractivity contribution in [1.82, 2.24) is 15.0 Å². The van der Waals surface area contributed by atoms with Gasteiger partial charge in [0, 0.05) is 37.3 Å². The fraction of sp³-hybridized carbons (Fsp3) is 0.192. The molecule has 0 saturated carbocycles. The van der Waals surface area contributed by atoms with Crippen molar-refractivity contribution in [2.75, 3.05) is 37.7 Å². The zero-order valence-electron chi connectivity index (χ0n) is 18.4. The Labute approximate surface area is 196 Å². The highest BCUT2D eigenvalue weighted by Crippen LogP contribution is 2.24. The molecule has 4 aromatic rings. The van der Waals surface area contributed by atoms with Crippen LogP contribution in [-0.4, -0.2) is 53.7 Å². The predicted octanol–water partition coefficient (Wildman–Crippen LogP) is 4.27. The lowest BCUT2D eigenvalue weighted by atomic mass is 10.2. The molecule has 1 saturated heterocycles. The van der Waals surface area contributed by atoms with Gasteiger partial charge in [-0.3, -0.25) is 4.79 Å². The number of carbonyl (C=O) groups excluding carboxylic acids is 1. The van der Waals surface area contributed by atoms with Crippen LogP contribution < -0.4 is 9.64 Å². The summed E-state index contributed by atoms with van der Waals surface area (Å²) < 4.78 is 25.1. The molecule has 8 heteroatoms. The maximum Gasteiger partial charge on any atom is 0.260 e. The van der Waals surface area contributed by atoms with E-state index in [1.54, 1.807) is 29.2 Å². The molecule has 1 aliphatic heterocycles. The third-order valence-corrected chi connectivity index (χ3v) is 5.75. The number of anilines is 1. The van der Waals surface area contributed by atoms with Crippen LogP contribution in [0.15, 0.2) is 83.4 Å². The van der Waals surface area contributed by atoms with E-state index < -0.39 is 0 Å². The van der Waals surface area contributed by atoms with Crippen LogP contribution in [0.2, 0.25) is 0 Å². The molecule has 1 aromatic heterocycles. The Bertz CT molecular complexity index is 1250. The molecule has 7 nitrogen and oxygen atoms in total. The second-order valence-corrected chi connectivity index (χ2v) is 7.92. The van der Waals surface area contributed by atoms with Crippen molar-refractivity contribution >= 4 is 11.6 Å². The van der Waals surface area contributed by atoms with Crippen molar-refractivity contribution in [2.24, 2.45) is 0 Å². The second kappa shape index (κ2) is 9.74. The van der Waals surface area contributed by atoms with Crippen LogP contribution in [0.1, 0.15) is 0 Å². The van der Waals surface area contributed by atoms with Gasteiger partial charge in [0.05, 0.1) is 5.69 Å². The summed E-state index contributed by atoms with van der Waals surface area (Å²) in [4.78, 5) is 20.7. The van der Waals surface area contributed by atoms with Gasteiger partial charge < -0.3 is 19.1 Å². The number of piperazine rings is 1. The lowest BCUT2D eigenvalue weighted by Gasteiger charge is -2.36. The first-order chi connectivity index (χ1) is 16.7. The molecule has 0 unspecified atom stereocenters. The number of rotatable bonds is 6. The summed E-state index contributed by atoms with van der Waals surface area (Å²) in [7, 11) is 0. The summed E-state index contributed by atoms with van der Waals surface area (Å²) in [6, 6.07) is 23.5. The fourth-order valence-corrected chi connectivity index (χ4v) is 3.88. The topological polar surface area (TPSA) is 71.7 Å². The number of amides is 1. The molecule has 0 radical (unpaired) electrons. The van der Waals surface area contributed by atoms with Gasteiger partial charge in [-0.2, -0.15) is 4.98 Å². The van der Waals surface area contributed by atoms with Crippen LogP contribution in [0.25, 0.3) is 22.8 Å². The van der Waals surface area contributed by atoms with E-state index in [0.29, 0.717) is 49.3 Å². The minimum absolute atomic E-state index is 0.0578. The fourth-order valence-electron chi connectivity index (χ4n) is 3.88. The first kappa shape index (κ1) is 21.6. The van der Waals surface area contributed by atoms with Gasteiger partial charge in [-0.15, -0.1) is 0 Å². The summed E-state index contributed by atoms with van der Waals surface area (Å²) in [6.07, 6.45) is 0. The molecule has 0 spiro atoms. The van der Waals surface area contributed by atoms with Crippen LogP contribution in [0, 0.1) is 5.82 Å². The predicted molar refractivity (Wildman–Crippen MR) is 126 cm³/mol. The molecule has 0 atom stereocenters. The average molecular weight is 458 g/mol. The third-order valence-electron chi connectivity index (χ3n) is 5.75. The van der Waals surface area contributed by atoms with Crippen molar-refractivity contribution in [3.8, 4) is 28.6 Å². The molecule has 34 heavy (non-hydrogen) atoms. The van der Waals surface area contributed by atoms with Gasteiger partial charge in [-0.05, 0) is 36.4 Å². The number of carbonyl (C=O) groups is 1. The Hall–Kier alpha value is -4.20. The number of ether oxygens (including phenoxy) is 1. The normalized spacial score (nSPS) is 13.7. The summed E-state index contributed by atoms with van der Waals surface area (Å²) in [5.74, 6) is 1.17. The summed E-state index contributed by atoms with van der Waals surface area (Å²) in [6.45, 7) is 2.15. The van der Waals surface area contributed by atoms with E-state index in [9.17, 15) is 9.18 Å². The maximum atomic E-state index is 14.0. The van der Waals surface area contributed by atoms with Crippen LogP contribution in [0.5, 0.6) is 5.75 Å². The molecule has 172 valence electrons. The lowest BCUT2D eigenvalue weighted by Crippen LogP contribution is -2.50. The van der Waals surface area contributed by atoms with Gasteiger partial charge in [-0.1, -0.05) is 47.6 Å². The monoisotopic (exact) mass is 458 g/mol. The molecule has 3 aromatic carbocycles. The summed E-state index contributed by atoms with van der Waals surface area (Å²) >= 11 is 0. The Balaban J connectivity index is 1.13. The van der Waals surface area contributed by atoms with E-state index in [-0.39, 0.29) is 18.3 Å². The summed E-state index contributed by atoms with van der Waals surface area (Å²) in [5.41, 5.74) is 2.21. The first-order valence-electron chi connectivity index (χ1n) is 11.1. The number of hydrogen-bond donors (Lipinski definition) is 0. The van der Waals surface area contributed by atoms with Crippen molar-refractivity contribution in [1.29, 1.82) is 0 Å². The summed E-state index contributed by atoms with van der Waals surface area (Å²) in [5, 5.41) is 4.03. The van der Waals surface area contributed by atoms with E-state index in [0.717, 1.165) is 11.1 Å². The Morgan fingerprint density at radius 3 is 2.32 bits per heavy atom. The molecule has 1 fully saturated rings. The number of nitrogens with zero attached hydrogens (tertiary/aromatic N) is 4. The van der Waals surface area contributed by atoms with Gasteiger partial charge in [-0.25, -0.2) is 4.39 Å². The zero-order chi connectivity index (χ0) is 23.3. The van der Waals surface area contributed by atoms with E-state index >= 15 is 0 Å². The molecule has 0 bridgehead atoms. The van der Waals surface area contributed by atoms with Crippen molar-refractivity contribution < 1.29 is 18.4 Å². The molecule has 1 aliphatic rings. The highest BCUT2D eigenvalue weighted by Gasteiger charge is 2.23. The smallest absolute Gasteiger partial charge is 0.260 e. The average Bonchev–Trinajstić information content (AvgIpc) is 3.39. The molecule has 0 N–H and O–H groups in total. The Morgan fingerprint density at radius 1 is 0.882 bits per heavy atom. The Kier molecular flexibility index (Phi) is 6.20.